The van der Waals surface area contributed by atoms with Gasteiger partial charge >= 0.3 is 0 Å². The monoisotopic (exact) mass is 576 g/mol. The van der Waals surface area contributed by atoms with Crippen molar-refractivity contribution in [3.05, 3.63) is 55.1 Å². The summed E-state index contributed by atoms with van der Waals surface area (Å²) in [6.45, 7) is -1.46. The number of hydrogen-bond acceptors (Lipinski definition) is 12. The van der Waals surface area contributed by atoms with Crippen molar-refractivity contribution >= 4 is 45.3 Å². The molecule has 17 heteroatoms. The highest BCUT2D eigenvalue weighted by Crippen LogP contribution is 2.27. The van der Waals surface area contributed by atoms with Crippen LogP contribution in [0.15, 0.2) is 27.8 Å². The van der Waals surface area contributed by atoms with Gasteiger partial charge in [0.25, 0.3) is 0 Å². The largest absolute Gasteiger partial charge is 0.543 e. The second kappa shape index (κ2) is 14.1. The molecule has 0 amide bonds. The maximum atomic E-state index is 12.0. The van der Waals surface area contributed by atoms with E-state index in [1.807, 2.05) is 0 Å². The lowest BCUT2D eigenvalue weighted by Crippen LogP contribution is -2.46. The standard InChI is InChI=1S/C14H7ClN2O6.2C4H12NO3/c15-10-11-4(8(18)2-6(16-11)13(20)21)1-5-9(19)3-7(14(22)23)17-12(5)10;2*1-5(2-6,3-7)4-8/h1-3H,(H,16,18)(H,17,19)(H,20,21)(H,22,23);2*6-8H,2-4H2,1H3/q;2*+1/p-2. The summed E-state index contributed by atoms with van der Waals surface area (Å²) in [5, 5.41) is 72.2. The van der Waals surface area contributed by atoms with Crippen molar-refractivity contribution in [3.63, 3.8) is 0 Å². The number of carbonyl (C=O) groups excluding carboxylic acids is 2. The Labute approximate surface area is 224 Å². The molecule has 0 aliphatic carbocycles. The van der Waals surface area contributed by atoms with Gasteiger partial charge in [-0.1, -0.05) is 11.6 Å². The number of aromatic carboxylic acids is 2. The fourth-order valence-corrected chi connectivity index (χ4v) is 2.83. The first kappa shape index (κ1) is 33.6. The summed E-state index contributed by atoms with van der Waals surface area (Å²) in [5.41, 5.74) is -2.46. The molecule has 0 atom stereocenters. The molecule has 0 fully saturated rings. The molecule has 0 unspecified atom stereocenters. The molecular formula is C22H29ClN4O12. The molecule has 3 aromatic rings. The summed E-state index contributed by atoms with van der Waals surface area (Å²) < 4.78 is -0.250. The van der Waals surface area contributed by atoms with Crippen LogP contribution in [0.2, 0.25) is 5.02 Å². The first-order valence-electron chi connectivity index (χ1n) is 10.8. The minimum Gasteiger partial charge on any atom is -0.543 e. The number of nitrogens with one attached hydrogen (secondary N) is 2. The van der Waals surface area contributed by atoms with Crippen molar-refractivity contribution in [1.29, 1.82) is 0 Å². The van der Waals surface area contributed by atoms with Crippen molar-refractivity contribution in [2.24, 2.45) is 0 Å². The van der Waals surface area contributed by atoms with Crippen LogP contribution in [0.1, 0.15) is 21.0 Å². The van der Waals surface area contributed by atoms with Crippen LogP contribution in [0.3, 0.4) is 0 Å². The third-order valence-electron chi connectivity index (χ3n) is 5.36. The van der Waals surface area contributed by atoms with Crippen LogP contribution >= 0.6 is 11.6 Å². The van der Waals surface area contributed by atoms with Gasteiger partial charge in [0, 0.05) is 22.9 Å². The van der Waals surface area contributed by atoms with E-state index in [4.69, 9.17) is 42.2 Å². The van der Waals surface area contributed by atoms with Gasteiger partial charge < -0.3 is 60.4 Å². The number of carbonyl (C=O) groups is 2. The zero-order chi connectivity index (χ0) is 30.1. The number of carboxylic acid groups (broad SMARTS) is 2. The highest BCUT2D eigenvalue weighted by atomic mass is 35.5. The number of aliphatic hydroxyl groups excluding tert-OH is 6. The number of carboxylic acids is 2. The van der Waals surface area contributed by atoms with E-state index >= 15 is 0 Å². The van der Waals surface area contributed by atoms with Gasteiger partial charge in [-0.05, 0) is 6.07 Å². The Balaban J connectivity index is 0.000000393. The van der Waals surface area contributed by atoms with Crippen molar-refractivity contribution < 1.29 is 59.4 Å². The Morgan fingerprint density at radius 3 is 1.18 bits per heavy atom. The molecule has 0 aliphatic rings. The molecule has 0 spiro atoms. The van der Waals surface area contributed by atoms with Gasteiger partial charge in [-0.3, -0.25) is 18.6 Å². The van der Waals surface area contributed by atoms with Crippen LogP contribution in [0.25, 0.3) is 21.8 Å². The van der Waals surface area contributed by atoms with Crippen molar-refractivity contribution in [3.8, 4) is 0 Å². The van der Waals surface area contributed by atoms with Gasteiger partial charge in [0.15, 0.2) is 51.2 Å². The zero-order valence-electron chi connectivity index (χ0n) is 20.9. The van der Waals surface area contributed by atoms with E-state index in [0.29, 0.717) is 0 Å². The van der Waals surface area contributed by atoms with E-state index in [2.05, 4.69) is 9.97 Å². The Hall–Kier alpha value is -3.45. The second-order valence-electron chi connectivity index (χ2n) is 8.79. The van der Waals surface area contributed by atoms with E-state index in [0.717, 1.165) is 12.1 Å². The highest BCUT2D eigenvalue weighted by Gasteiger charge is 2.16. The van der Waals surface area contributed by atoms with E-state index in [1.54, 1.807) is 14.1 Å². The molecule has 0 saturated carbocycles. The fourth-order valence-electron chi connectivity index (χ4n) is 2.53. The molecule has 2 aromatic heterocycles. The van der Waals surface area contributed by atoms with E-state index < -0.39 is 34.2 Å². The number of nitrogens with zero attached hydrogens (tertiary/aromatic N) is 2. The minimum absolute atomic E-state index is 0.0146. The van der Waals surface area contributed by atoms with Gasteiger partial charge in [0.2, 0.25) is 0 Å². The van der Waals surface area contributed by atoms with Crippen molar-refractivity contribution in [2.75, 3.05) is 54.5 Å². The number of aromatic amines is 2. The molecule has 1 aromatic carbocycles. The van der Waals surface area contributed by atoms with Gasteiger partial charge in [-0.15, -0.1) is 0 Å². The highest BCUT2D eigenvalue weighted by molar-refractivity contribution is 6.39. The van der Waals surface area contributed by atoms with Crippen LogP contribution < -0.4 is 21.1 Å². The van der Waals surface area contributed by atoms with Crippen molar-refractivity contribution in [1.82, 2.24) is 9.97 Å². The predicted molar refractivity (Wildman–Crippen MR) is 131 cm³/mol. The summed E-state index contributed by atoms with van der Waals surface area (Å²) >= 11 is 6.10. The first-order chi connectivity index (χ1) is 18.2. The molecule has 0 aliphatic heterocycles. The van der Waals surface area contributed by atoms with Crippen LogP contribution in [0, 0.1) is 0 Å². The van der Waals surface area contributed by atoms with E-state index in [1.165, 1.54) is 6.07 Å². The number of quaternary nitrogens is 2. The first-order valence-corrected chi connectivity index (χ1v) is 11.2. The summed E-state index contributed by atoms with van der Waals surface area (Å²) in [7, 11) is 3.08. The van der Waals surface area contributed by atoms with Crippen LogP contribution in [0.4, 0.5) is 0 Å². The lowest BCUT2D eigenvalue weighted by Gasteiger charge is -2.25. The minimum atomic E-state index is -1.61. The molecule has 0 radical (unpaired) electrons. The zero-order valence-corrected chi connectivity index (χ0v) is 21.6. The lowest BCUT2D eigenvalue weighted by molar-refractivity contribution is -0.960. The van der Waals surface area contributed by atoms with E-state index in [9.17, 15) is 29.4 Å². The molecule has 2 heterocycles. The van der Waals surface area contributed by atoms with Gasteiger partial charge in [0.1, 0.15) is 0 Å². The average Bonchev–Trinajstić information content (AvgIpc) is 2.93. The summed E-state index contributed by atoms with van der Waals surface area (Å²) in [6.07, 6.45) is 0. The molecule has 216 valence electrons. The van der Waals surface area contributed by atoms with Gasteiger partial charge in [0.05, 0.1) is 53.5 Å². The maximum Gasteiger partial charge on any atom is 0.190 e. The number of hydrogen-bond donors (Lipinski definition) is 8. The normalized spacial score (nSPS) is 11.4. The van der Waals surface area contributed by atoms with Gasteiger partial charge in [-0.2, -0.15) is 0 Å². The van der Waals surface area contributed by atoms with E-state index in [-0.39, 0.29) is 76.2 Å². The number of aromatic nitrogens is 2. The maximum absolute atomic E-state index is 12.0. The Kier molecular flexibility index (Phi) is 12.1. The third-order valence-corrected chi connectivity index (χ3v) is 5.73. The molecule has 3 rings (SSSR count). The SMILES string of the molecule is C[N+](CO)(CO)CO.C[N+](CO)(CO)CO.O=C([O-])c1cc(=O)c2cc3c(=O)cc(C(=O)[O-])[nH]c3c(Cl)c2[nH]1. The molecule has 0 bridgehead atoms. The Morgan fingerprint density at radius 2 is 0.974 bits per heavy atom. The number of benzene rings is 1. The molecule has 0 saturated heterocycles. The number of H-pyrrole nitrogens is 2. The number of halogens is 1. The molecule has 16 nitrogen and oxygen atoms in total. The molecular weight excluding hydrogens is 548 g/mol. The molecule has 8 N–H and O–H groups in total. The van der Waals surface area contributed by atoms with Crippen LogP contribution in [-0.4, -0.2) is 116 Å². The summed E-state index contributed by atoms with van der Waals surface area (Å²) in [6, 6.07) is 2.82. The second-order valence-corrected chi connectivity index (χ2v) is 9.17. The average molecular weight is 577 g/mol. The van der Waals surface area contributed by atoms with Crippen LogP contribution in [0.5, 0.6) is 0 Å². The summed E-state index contributed by atoms with van der Waals surface area (Å²) in [5.74, 6) is -3.23. The van der Waals surface area contributed by atoms with Gasteiger partial charge in [-0.25, -0.2) is 0 Å². The Bertz CT molecular complexity index is 1310. The number of pyridine rings is 2. The third kappa shape index (κ3) is 8.27. The summed E-state index contributed by atoms with van der Waals surface area (Å²) in [4.78, 5) is 50.6. The smallest absolute Gasteiger partial charge is 0.190 e. The molecule has 39 heavy (non-hydrogen) atoms. The quantitative estimate of drug-likeness (QED) is 0.0714. The Morgan fingerprint density at radius 1 is 0.692 bits per heavy atom. The van der Waals surface area contributed by atoms with Crippen molar-refractivity contribution in [2.45, 2.75) is 0 Å². The lowest BCUT2D eigenvalue weighted by atomic mass is 10.1. The number of aliphatic hydroxyl groups is 6. The predicted octanol–water partition coefficient (Wildman–Crippen LogP) is -4.69. The number of rotatable bonds is 8. The topological polar surface area (TPSA) is 267 Å². The number of fused-ring (bicyclic) bond motifs is 2. The fraction of sp³-hybridized carbons (Fsp3) is 0.364. The van der Waals surface area contributed by atoms with Crippen LogP contribution in [-0.2, 0) is 0 Å².